The summed E-state index contributed by atoms with van der Waals surface area (Å²) in [5.41, 5.74) is 1.19. The highest BCUT2D eigenvalue weighted by molar-refractivity contribution is 6.31. The third kappa shape index (κ3) is 4.19. The van der Waals surface area contributed by atoms with Crippen molar-refractivity contribution in [2.75, 3.05) is 19.6 Å². The van der Waals surface area contributed by atoms with Crippen LogP contribution in [0.4, 0.5) is 0 Å². The number of aromatic nitrogens is 3. The summed E-state index contributed by atoms with van der Waals surface area (Å²) in [6.07, 6.45) is 5.77. The predicted octanol–water partition coefficient (Wildman–Crippen LogP) is 1.18. The van der Waals surface area contributed by atoms with Gasteiger partial charge >= 0.3 is 0 Å². The van der Waals surface area contributed by atoms with Crippen LogP contribution >= 0.6 is 11.6 Å². The maximum Gasteiger partial charge on any atom is 0.273 e. The third-order valence-corrected chi connectivity index (χ3v) is 5.20. The summed E-state index contributed by atoms with van der Waals surface area (Å²) in [6, 6.07) is 5.87. The SMILES string of the molecule is CC[NH+]1CCC[C@@H]1CN(Cc1nn(C)cc1Cl)C(=O)c1ccccn1. The van der Waals surface area contributed by atoms with Gasteiger partial charge in [-0.1, -0.05) is 17.7 Å². The van der Waals surface area contributed by atoms with E-state index in [2.05, 4.69) is 17.0 Å². The summed E-state index contributed by atoms with van der Waals surface area (Å²) in [7, 11) is 1.83. The van der Waals surface area contributed by atoms with E-state index in [9.17, 15) is 4.79 Å². The van der Waals surface area contributed by atoms with Crippen molar-refractivity contribution in [1.29, 1.82) is 0 Å². The average Bonchev–Trinajstić information content (AvgIpc) is 3.20. The number of carbonyl (C=O) groups excluding carboxylic acids is 1. The number of hydrogen-bond donors (Lipinski definition) is 1. The second-order valence-corrected chi connectivity index (χ2v) is 7.01. The number of carbonyl (C=O) groups is 1. The second kappa shape index (κ2) is 7.97. The summed E-state index contributed by atoms with van der Waals surface area (Å²) in [6.45, 7) is 5.57. The molecule has 134 valence electrons. The first-order chi connectivity index (χ1) is 12.1. The van der Waals surface area contributed by atoms with E-state index < -0.39 is 0 Å². The van der Waals surface area contributed by atoms with Crippen LogP contribution in [0.2, 0.25) is 5.02 Å². The van der Waals surface area contributed by atoms with Gasteiger partial charge in [-0.3, -0.25) is 14.5 Å². The van der Waals surface area contributed by atoms with Crippen LogP contribution in [0, 0.1) is 0 Å². The topological polar surface area (TPSA) is 55.5 Å². The van der Waals surface area contributed by atoms with Crippen LogP contribution in [-0.4, -0.2) is 51.2 Å². The van der Waals surface area contributed by atoms with Crippen molar-refractivity contribution >= 4 is 17.5 Å². The molecule has 0 spiro atoms. The fraction of sp³-hybridized carbons (Fsp3) is 0.500. The Morgan fingerprint density at radius 3 is 2.96 bits per heavy atom. The molecule has 1 amide bonds. The molecule has 0 saturated carbocycles. The first-order valence-corrected chi connectivity index (χ1v) is 9.19. The van der Waals surface area contributed by atoms with Gasteiger partial charge in [-0.25, -0.2) is 0 Å². The fourth-order valence-electron chi connectivity index (χ4n) is 3.60. The second-order valence-electron chi connectivity index (χ2n) is 6.60. The molecule has 0 radical (unpaired) electrons. The van der Waals surface area contributed by atoms with E-state index in [1.807, 2.05) is 24.1 Å². The van der Waals surface area contributed by atoms with Crippen molar-refractivity contribution in [2.24, 2.45) is 7.05 Å². The number of rotatable bonds is 6. The Labute approximate surface area is 153 Å². The van der Waals surface area contributed by atoms with Crippen molar-refractivity contribution in [2.45, 2.75) is 32.4 Å². The quantitative estimate of drug-likeness (QED) is 0.839. The van der Waals surface area contributed by atoms with Crippen LogP contribution < -0.4 is 4.90 Å². The molecule has 25 heavy (non-hydrogen) atoms. The molecule has 1 aliphatic heterocycles. The molecule has 0 aliphatic carbocycles. The molecule has 2 aromatic heterocycles. The minimum atomic E-state index is -0.0651. The van der Waals surface area contributed by atoms with Gasteiger partial charge in [0, 0.05) is 32.3 Å². The van der Waals surface area contributed by atoms with Gasteiger partial charge in [0.2, 0.25) is 0 Å². The fourth-order valence-corrected chi connectivity index (χ4v) is 3.84. The van der Waals surface area contributed by atoms with E-state index in [4.69, 9.17) is 11.6 Å². The van der Waals surface area contributed by atoms with Gasteiger partial charge in [-0.05, 0) is 19.1 Å². The van der Waals surface area contributed by atoms with Gasteiger partial charge in [0.15, 0.2) is 0 Å². The minimum Gasteiger partial charge on any atom is -0.331 e. The van der Waals surface area contributed by atoms with Gasteiger partial charge in [0.05, 0.1) is 31.2 Å². The molecule has 1 unspecified atom stereocenters. The zero-order valence-corrected chi connectivity index (χ0v) is 15.5. The number of likely N-dealkylation sites (N-methyl/N-ethyl adjacent to an activating group) is 1. The Bertz CT molecular complexity index is 718. The van der Waals surface area contributed by atoms with E-state index in [-0.39, 0.29) is 5.91 Å². The standard InChI is InChI=1S/C18H24ClN5O/c1-3-23-10-6-7-14(23)11-24(13-17-15(19)12-22(2)21-17)18(25)16-8-4-5-9-20-16/h4-5,8-9,12,14H,3,6-7,10-11,13H2,1-2H3/p+1/t14-/m1/s1. The Hall–Kier alpha value is -1.92. The molecular weight excluding hydrogens is 338 g/mol. The van der Waals surface area contributed by atoms with Crippen molar-refractivity contribution in [3.05, 3.63) is 47.0 Å². The highest BCUT2D eigenvalue weighted by Crippen LogP contribution is 2.17. The Balaban J connectivity index is 1.82. The van der Waals surface area contributed by atoms with E-state index in [1.165, 1.54) is 13.0 Å². The van der Waals surface area contributed by atoms with Gasteiger partial charge in [-0.15, -0.1) is 0 Å². The average molecular weight is 363 g/mol. The monoisotopic (exact) mass is 362 g/mol. The first-order valence-electron chi connectivity index (χ1n) is 8.81. The Kier molecular flexibility index (Phi) is 5.71. The highest BCUT2D eigenvalue weighted by Gasteiger charge is 2.31. The van der Waals surface area contributed by atoms with Crippen LogP contribution in [-0.2, 0) is 13.6 Å². The number of quaternary nitrogens is 1. The molecular formula is C18H25ClN5O+. The molecule has 1 N–H and O–H groups in total. The molecule has 3 heterocycles. The number of halogens is 1. The van der Waals surface area contributed by atoms with Gasteiger partial charge in [-0.2, -0.15) is 5.10 Å². The summed E-state index contributed by atoms with van der Waals surface area (Å²) in [5.74, 6) is -0.0651. The number of pyridine rings is 1. The zero-order chi connectivity index (χ0) is 17.8. The number of hydrogen-bond acceptors (Lipinski definition) is 3. The predicted molar refractivity (Wildman–Crippen MR) is 96.6 cm³/mol. The summed E-state index contributed by atoms with van der Waals surface area (Å²) >= 11 is 6.27. The number of aryl methyl sites for hydroxylation is 1. The minimum absolute atomic E-state index is 0.0651. The van der Waals surface area contributed by atoms with E-state index >= 15 is 0 Å². The van der Waals surface area contributed by atoms with Crippen molar-refractivity contribution in [1.82, 2.24) is 19.7 Å². The Morgan fingerprint density at radius 1 is 1.48 bits per heavy atom. The van der Waals surface area contributed by atoms with E-state index in [0.717, 1.165) is 18.7 Å². The van der Waals surface area contributed by atoms with Crippen molar-refractivity contribution in [3.8, 4) is 0 Å². The molecule has 2 aromatic rings. The van der Waals surface area contributed by atoms with Crippen LogP contribution in [0.25, 0.3) is 0 Å². The van der Waals surface area contributed by atoms with Gasteiger partial charge < -0.3 is 9.80 Å². The molecule has 7 heteroatoms. The van der Waals surface area contributed by atoms with Crippen LogP contribution in [0.5, 0.6) is 0 Å². The smallest absolute Gasteiger partial charge is 0.273 e. The zero-order valence-electron chi connectivity index (χ0n) is 14.8. The number of amides is 1. The molecule has 3 rings (SSSR count). The summed E-state index contributed by atoms with van der Waals surface area (Å²) in [5, 5.41) is 4.99. The first kappa shape index (κ1) is 17.9. The lowest BCUT2D eigenvalue weighted by molar-refractivity contribution is -0.909. The van der Waals surface area contributed by atoms with Gasteiger partial charge in [0.25, 0.3) is 5.91 Å². The lowest BCUT2D eigenvalue weighted by atomic mass is 10.2. The largest absolute Gasteiger partial charge is 0.331 e. The van der Waals surface area contributed by atoms with Crippen molar-refractivity contribution in [3.63, 3.8) is 0 Å². The highest BCUT2D eigenvalue weighted by atomic mass is 35.5. The van der Waals surface area contributed by atoms with Crippen LogP contribution in [0.1, 0.15) is 35.9 Å². The normalized spacial score (nSPS) is 20.0. The van der Waals surface area contributed by atoms with Gasteiger partial charge in [0.1, 0.15) is 17.4 Å². The molecule has 0 bridgehead atoms. The van der Waals surface area contributed by atoms with Crippen molar-refractivity contribution < 1.29 is 9.69 Å². The Morgan fingerprint density at radius 2 is 2.32 bits per heavy atom. The molecule has 2 atom stereocenters. The van der Waals surface area contributed by atoms with Crippen LogP contribution in [0.3, 0.4) is 0 Å². The molecule has 1 fully saturated rings. The summed E-state index contributed by atoms with van der Waals surface area (Å²) in [4.78, 5) is 20.7. The lowest BCUT2D eigenvalue weighted by Gasteiger charge is -2.27. The summed E-state index contributed by atoms with van der Waals surface area (Å²) < 4.78 is 1.68. The molecule has 6 nitrogen and oxygen atoms in total. The molecule has 1 saturated heterocycles. The maximum absolute atomic E-state index is 13.0. The third-order valence-electron chi connectivity index (χ3n) is 4.89. The van der Waals surface area contributed by atoms with Crippen LogP contribution in [0.15, 0.2) is 30.6 Å². The number of likely N-dealkylation sites (tertiary alicyclic amines) is 1. The lowest BCUT2D eigenvalue weighted by Crippen LogP contribution is -3.14. The number of nitrogens with zero attached hydrogens (tertiary/aromatic N) is 4. The number of nitrogens with one attached hydrogen (secondary N) is 1. The van der Waals surface area contributed by atoms with E-state index in [0.29, 0.717) is 29.8 Å². The molecule has 1 aliphatic rings. The maximum atomic E-state index is 13.0. The van der Waals surface area contributed by atoms with E-state index in [1.54, 1.807) is 28.0 Å². The molecule has 0 aromatic carbocycles.